The number of hydrogen-bond acceptors (Lipinski definition) is 3. The van der Waals surface area contributed by atoms with Crippen molar-refractivity contribution in [2.75, 3.05) is 0 Å². The Morgan fingerprint density at radius 3 is 2.88 bits per heavy atom. The van der Waals surface area contributed by atoms with Gasteiger partial charge in [0.2, 0.25) is 0 Å². The van der Waals surface area contributed by atoms with E-state index in [1.807, 2.05) is 6.08 Å². The maximum absolute atomic E-state index is 12.6. The molecule has 0 radical (unpaired) electrons. The molecular formula is C20H27NO3. The summed E-state index contributed by atoms with van der Waals surface area (Å²) in [4.78, 5) is 26.1. The summed E-state index contributed by atoms with van der Waals surface area (Å²) >= 11 is 0. The zero-order chi connectivity index (χ0) is 17.5. The van der Waals surface area contributed by atoms with Crippen LogP contribution in [-0.4, -0.2) is 29.0 Å². The van der Waals surface area contributed by atoms with E-state index in [1.54, 1.807) is 0 Å². The monoisotopic (exact) mass is 329 g/mol. The van der Waals surface area contributed by atoms with Crippen molar-refractivity contribution < 1.29 is 14.3 Å². The van der Waals surface area contributed by atoms with Gasteiger partial charge >= 0.3 is 12.0 Å². The lowest BCUT2D eigenvalue weighted by Gasteiger charge is -2.40. The third-order valence-corrected chi connectivity index (χ3v) is 6.82. The molecule has 0 aromatic heterocycles. The summed E-state index contributed by atoms with van der Waals surface area (Å²) in [5, 5.41) is 0. The number of carbonyl (C=O) groups is 2. The largest absolute Gasteiger partial charge is 0.443 e. The van der Waals surface area contributed by atoms with Crippen LogP contribution in [0.1, 0.15) is 59.3 Å². The standard InChI is InChI=1S/C20H27NO3/c1-5-6-7-8-9-10-11-15(22)21-17-16(24-18(21)23)14-12-13-20(17,4)19(14,2)3/h5,14,16-17H,1,6-9,12-13H2,2-4H3/t14-,16-,17-,20+/m1/s1. The van der Waals surface area contributed by atoms with Gasteiger partial charge in [-0.2, -0.15) is 0 Å². The lowest BCUT2D eigenvalue weighted by Crippen LogP contribution is -2.50. The molecular weight excluding hydrogens is 302 g/mol. The van der Waals surface area contributed by atoms with E-state index < -0.39 is 12.0 Å². The number of fused-ring (bicyclic) bond motifs is 5. The number of ether oxygens (including phenoxy) is 1. The number of hydrogen-bond donors (Lipinski definition) is 0. The van der Waals surface area contributed by atoms with Gasteiger partial charge in [0.1, 0.15) is 6.10 Å². The van der Waals surface area contributed by atoms with Crippen LogP contribution in [-0.2, 0) is 9.53 Å². The van der Waals surface area contributed by atoms with Crippen LogP contribution in [0.3, 0.4) is 0 Å². The molecule has 0 aromatic carbocycles. The molecule has 1 saturated heterocycles. The first-order valence-electron chi connectivity index (χ1n) is 8.98. The molecule has 4 atom stereocenters. The molecule has 130 valence electrons. The molecule has 1 aliphatic heterocycles. The highest BCUT2D eigenvalue weighted by atomic mass is 16.6. The molecule has 0 spiro atoms. The zero-order valence-corrected chi connectivity index (χ0v) is 14.9. The van der Waals surface area contributed by atoms with Crippen LogP contribution in [0.5, 0.6) is 0 Å². The van der Waals surface area contributed by atoms with Gasteiger partial charge in [0.05, 0.1) is 6.04 Å². The molecule has 3 aliphatic rings. The Hall–Kier alpha value is -1.76. The number of amides is 2. The summed E-state index contributed by atoms with van der Waals surface area (Å²) in [7, 11) is 0. The van der Waals surface area contributed by atoms with Gasteiger partial charge in [0.15, 0.2) is 0 Å². The molecule has 2 bridgehead atoms. The van der Waals surface area contributed by atoms with Crippen molar-refractivity contribution in [1.29, 1.82) is 0 Å². The van der Waals surface area contributed by atoms with Crippen molar-refractivity contribution in [3.05, 3.63) is 12.7 Å². The van der Waals surface area contributed by atoms with E-state index in [1.165, 1.54) is 4.90 Å². The van der Waals surface area contributed by atoms with E-state index in [0.717, 1.165) is 32.1 Å². The van der Waals surface area contributed by atoms with Gasteiger partial charge in [-0.15, -0.1) is 6.58 Å². The van der Waals surface area contributed by atoms with Gasteiger partial charge < -0.3 is 4.74 Å². The Balaban J connectivity index is 1.72. The molecule has 0 aromatic rings. The summed E-state index contributed by atoms with van der Waals surface area (Å²) in [6.07, 6.45) is 6.91. The van der Waals surface area contributed by atoms with Gasteiger partial charge in [-0.05, 0) is 48.9 Å². The summed E-state index contributed by atoms with van der Waals surface area (Å²) in [6.45, 7) is 10.4. The highest BCUT2D eigenvalue weighted by Crippen LogP contribution is 2.68. The molecule has 3 rings (SSSR count). The lowest BCUT2D eigenvalue weighted by molar-refractivity contribution is -0.125. The van der Waals surface area contributed by atoms with Crippen LogP contribution in [0, 0.1) is 28.6 Å². The normalized spacial score (nSPS) is 35.2. The van der Waals surface area contributed by atoms with Crippen molar-refractivity contribution in [2.24, 2.45) is 16.7 Å². The summed E-state index contributed by atoms with van der Waals surface area (Å²) < 4.78 is 5.60. The summed E-state index contributed by atoms with van der Waals surface area (Å²) in [5.41, 5.74) is -0.0184. The maximum atomic E-state index is 12.6. The number of rotatable bonds is 4. The second-order valence-corrected chi connectivity index (χ2v) is 8.09. The molecule has 4 heteroatoms. The van der Waals surface area contributed by atoms with Crippen molar-refractivity contribution in [1.82, 2.24) is 4.90 Å². The number of imide groups is 1. The number of allylic oxidation sites excluding steroid dienone is 1. The number of nitrogens with zero attached hydrogens (tertiary/aromatic N) is 1. The first-order valence-corrected chi connectivity index (χ1v) is 8.98. The molecule has 4 nitrogen and oxygen atoms in total. The predicted molar refractivity (Wildman–Crippen MR) is 92.0 cm³/mol. The van der Waals surface area contributed by atoms with Gasteiger partial charge in [-0.3, -0.25) is 4.79 Å². The van der Waals surface area contributed by atoms with E-state index in [0.29, 0.717) is 12.3 Å². The van der Waals surface area contributed by atoms with E-state index in [4.69, 9.17) is 4.74 Å². The SMILES string of the molecule is C=CCCCCC#CC(=O)N1C(=O)O[C@@H]2[C@H]3CC[C@@](C)([C@@H]21)C3(C)C. The first-order chi connectivity index (χ1) is 11.3. The zero-order valence-electron chi connectivity index (χ0n) is 14.9. The highest BCUT2D eigenvalue weighted by molar-refractivity contribution is 6.04. The molecule has 1 heterocycles. The minimum absolute atomic E-state index is 0.0691. The van der Waals surface area contributed by atoms with Crippen LogP contribution in [0.25, 0.3) is 0 Å². The predicted octanol–water partition coefficient (Wildman–Crippen LogP) is 3.91. The van der Waals surface area contributed by atoms with Gasteiger partial charge in [0, 0.05) is 12.3 Å². The fraction of sp³-hybridized carbons (Fsp3) is 0.700. The Kier molecular flexibility index (Phi) is 4.23. The topological polar surface area (TPSA) is 46.6 Å². The molecule has 24 heavy (non-hydrogen) atoms. The number of carbonyl (C=O) groups excluding carboxylic acids is 2. The van der Waals surface area contributed by atoms with Crippen molar-refractivity contribution in [3.63, 3.8) is 0 Å². The van der Waals surface area contributed by atoms with Crippen molar-refractivity contribution in [3.8, 4) is 11.8 Å². The fourth-order valence-electron chi connectivity index (χ4n) is 5.02. The first kappa shape index (κ1) is 17.1. The van der Waals surface area contributed by atoms with E-state index >= 15 is 0 Å². The lowest BCUT2D eigenvalue weighted by atomic mass is 9.69. The van der Waals surface area contributed by atoms with E-state index in [2.05, 4.69) is 39.2 Å². The summed E-state index contributed by atoms with van der Waals surface area (Å²) in [6, 6.07) is -0.165. The maximum Gasteiger partial charge on any atom is 0.418 e. The second-order valence-electron chi connectivity index (χ2n) is 8.09. The average molecular weight is 329 g/mol. The molecule has 2 amide bonds. The third kappa shape index (κ3) is 2.29. The van der Waals surface area contributed by atoms with Crippen LogP contribution in [0.4, 0.5) is 4.79 Å². The van der Waals surface area contributed by atoms with Gasteiger partial charge in [0.25, 0.3) is 0 Å². The second kappa shape index (κ2) is 5.95. The van der Waals surface area contributed by atoms with Crippen LogP contribution in [0.15, 0.2) is 12.7 Å². The quantitative estimate of drug-likeness (QED) is 0.446. The van der Waals surface area contributed by atoms with Crippen molar-refractivity contribution >= 4 is 12.0 Å². The Morgan fingerprint density at radius 1 is 1.42 bits per heavy atom. The molecule has 0 N–H and O–H groups in total. The molecule has 2 aliphatic carbocycles. The minimum atomic E-state index is -0.510. The number of unbranched alkanes of at least 4 members (excludes halogenated alkanes) is 3. The fourth-order valence-corrected chi connectivity index (χ4v) is 5.02. The smallest absolute Gasteiger partial charge is 0.418 e. The minimum Gasteiger partial charge on any atom is -0.443 e. The van der Waals surface area contributed by atoms with Crippen LogP contribution in [0.2, 0.25) is 0 Å². The van der Waals surface area contributed by atoms with Gasteiger partial charge in [-0.25, -0.2) is 9.69 Å². The molecule has 3 fully saturated rings. The van der Waals surface area contributed by atoms with E-state index in [9.17, 15) is 9.59 Å². The van der Waals surface area contributed by atoms with Crippen LogP contribution >= 0.6 is 0 Å². The highest BCUT2D eigenvalue weighted by Gasteiger charge is 2.72. The van der Waals surface area contributed by atoms with Crippen molar-refractivity contribution in [2.45, 2.75) is 71.4 Å². The molecule has 2 saturated carbocycles. The van der Waals surface area contributed by atoms with Crippen LogP contribution < -0.4 is 0 Å². The van der Waals surface area contributed by atoms with Gasteiger partial charge in [-0.1, -0.05) is 32.8 Å². The Labute approximate surface area is 144 Å². The van der Waals surface area contributed by atoms with E-state index in [-0.39, 0.29) is 23.0 Å². The Morgan fingerprint density at radius 2 is 2.17 bits per heavy atom. The Bertz CT molecular complexity index is 627. The summed E-state index contributed by atoms with van der Waals surface area (Å²) in [5.74, 6) is 5.51. The molecule has 0 unspecified atom stereocenters. The third-order valence-electron chi connectivity index (χ3n) is 6.82. The average Bonchev–Trinajstić information content (AvgIpc) is 3.03.